The lowest BCUT2D eigenvalue weighted by Gasteiger charge is -2.13. The highest BCUT2D eigenvalue weighted by molar-refractivity contribution is 6.38. The summed E-state index contributed by atoms with van der Waals surface area (Å²) >= 11 is 6.33. The summed E-state index contributed by atoms with van der Waals surface area (Å²) in [4.78, 5) is 28.8. The van der Waals surface area contributed by atoms with Crippen molar-refractivity contribution < 1.29 is 27.8 Å². The van der Waals surface area contributed by atoms with E-state index in [-0.39, 0.29) is 24.4 Å². The van der Waals surface area contributed by atoms with Crippen molar-refractivity contribution in [2.45, 2.75) is 6.54 Å². The van der Waals surface area contributed by atoms with Gasteiger partial charge >= 0.3 is 0 Å². The molecule has 0 unspecified atom stereocenters. The molecule has 13 nitrogen and oxygen atoms in total. The van der Waals surface area contributed by atoms with Crippen molar-refractivity contribution in [3.05, 3.63) is 106 Å². The van der Waals surface area contributed by atoms with Crippen LogP contribution in [0.2, 0.25) is 5.02 Å². The van der Waals surface area contributed by atoms with Crippen molar-refractivity contribution in [3.8, 4) is 11.3 Å². The zero-order valence-electron chi connectivity index (χ0n) is 28.2. The van der Waals surface area contributed by atoms with Gasteiger partial charge in [-0.3, -0.25) is 14.8 Å². The molecule has 0 saturated carbocycles. The van der Waals surface area contributed by atoms with E-state index in [1.807, 2.05) is 24.3 Å². The van der Waals surface area contributed by atoms with Gasteiger partial charge in [-0.2, -0.15) is 5.10 Å². The van der Waals surface area contributed by atoms with Gasteiger partial charge < -0.3 is 36.4 Å². The Morgan fingerprint density at radius 2 is 1.65 bits per heavy atom. The smallest absolute Gasteiger partial charge is 0.231 e. The van der Waals surface area contributed by atoms with Gasteiger partial charge in [-0.25, -0.2) is 18.7 Å². The SMILES string of the molecule is NN=C(C=NCCOCCOCCOCCNCC(N)=O)c1ccc(Nc2ncc3c(n2)-c2ccc(Cl)cc2C(c2c(F)cccc2F)=NC3)cc1. The number of hydrogen-bond acceptors (Lipinski definition) is 12. The van der Waals surface area contributed by atoms with Crippen molar-refractivity contribution in [3.63, 3.8) is 0 Å². The van der Waals surface area contributed by atoms with Gasteiger partial charge in [0.05, 0.1) is 76.2 Å². The number of anilines is 2. The highest BCUT2D eigenvalue weighted by Crippen LogP contribution is 2.34. The number of nitrogens with zero attached hydrogens (tertiary/aromatic N) is 5. The van der Waals surface area contributed by atoms with Gasteiger partial charge in [-0.05, 0) is 36.4 Å². The van der Waals surface area contributed by atoms with Gasteiger partial charge in [0.1, 0.15) is 17.3 Å². The molecular weight excluding hydrogens is 696 g/mol. The number of ether oxygens (including phenoxy) is 3. The van der Waals surface area contributed by atoms with Crippen LogP contribution in [0.15, 0.2) is 81.9 Å². The Bertz CT molecular complexity index is 1910. The molecule has 16 heteroatoms. The van der Waals surface area contributed by atoms with Gasteiger partial charge in [0.15, 0.2) is 0 Å². The summed E-state index contributed by atoms with van der Waals surface area (Å²) in [6.45, 7) is 3.76. The Morgan fingerprint density at radius 3 is 2.37 bits per heavy atom. The predicted molar refractivity (Wildman–Crippen MR) is 197 cm³/mol. The molecule has 52 heavy (non-hydrogen) atoms. The molecule has 0 bridgehead atoms. The quantitative estimate of drug-likeness (QED) is 0.0478. The van der Waals surface area contributed by atoms with Gasteiger partial charge in [-0.15, -0.1) is 0 Å². The number of primary amides is 1. The lowest BCUT2D eigenvalue weighted by molar-refractivity contribution is -0.117. The molecule has 5 rings (SSSR count). The van der Waals surface area contributed by atoms with Crippen LogP contribution in [0.4, 0.5) is 20.4 Å². The average molecular weight is 734 g/mol. The summed E-state index contributed by atoms with van der Waals surface area (Å²) in [7, 11) is 0. The summed E-state index contributed by atoms with van der Waals surface area (Å²) in [5.74, 6) is 4.10. The molecule has 1 amide bonds. The molecule has 0 atom stereocenters. The van der Waals surface area contributed by atoms with Crippen molar-refractivity contribution >= 4 is 46.8 Å². The summed E-state index contributed by atoms with van der Waals surface area (Å²) in [6.07, 6.45) is 3.22. The Hall–Kier alpha value is -5.19. The van der Waals surface area contributed by atoms with Crippen LogP contribution in [0.1, 0.15) is 22.3 Å². The fraction of sp³-hybridized carbons (Fsp3) is 0.278. The molecule has 3 aromatic carbocycles. The zero-order valence-corrected chi connectivity index (χ0v) is 28.9. The highest BCUT2D eigenvalue weighted by atomic mass is 35.5. The molecule has 1 aromatic heterocycles. The second-order valence-electron chi connectivity index (χ2n) is 11.3. The van der Waals surface area contributed by atoms with E-state index in [4.69, 9.17) is 42.4 Å². The number of benzene rings is 3. The number of rotatable bonds is 19. The first-order valence-electron chi connectivity index (χ1n) is 16.4. The minimum absolute atomic E-state index is 0.112. The number of hydrogen-bond donors (Lipinski definition) is 4. The monoisotopic (exact) mass is 733 g/mol. The van der Waals surface area contributed by atoms with Crippen LogP contribution in [0.5, 0.6) is 0 Å². The molecule has 6 N–H and O–H groups in total. The van der Waals surface area contributed by atoms with Gasteiger partial charge in [0.25, 0.3) is 0 Å². The van der Waals surface area contributed by atoms with E-state index in [1.54, 1.807) is 30.6 Å². The molecule has 0 radical (unpaired) electrons. The van der Waals surface area contributed by atoms with Crippen molar-refractivity contribution in [1.82, 2.24) is 15.3 Å². The molecule has 1 aliphatic rings. The van der Waals surface area contributed by atoms with E-state index in [2.05, 4.69) is 30.7 Å². The molecule has 272 valence electrons. The van der Waals surface area contributed by atoms with Crippen molar-refractivity contribution in [2.24, 2.45) is 26.7 Å². The molecule has 0 spiro atoms. The third-order valence-electron chi connectivity index (χ3n) is 7.58. The molecule has 0 aliphatic carbocycles. The maximum absolute atomic E-state index is 14.9. The molecule has 0 saturated heterocycles. The number of nitrogens with one attached hydrogen (secondary N) is 2. The van der Waals surface area contributed by atoms with E-state index in [0.717, 1.165) is 5.56 Å². The van der Waals surface area contributed by atoms with Crippen molar-refractivity contribution in [1.29, 1.82) is 0 Å². The lowest BCUT2D eigenvalue weighted by atomic mass is 9.95. The van der Waals surface area contributed by atoms with Crippen LogP contribution in [0, 0.1) is 11.6 Å². The number of carbonyl (C=O) groups excluding carboxylic acids is 1. The third-order valence-corrected chi connectivity index (χ3v) is 7.82. The van der Waals surface area contributed by atoms with E-state index in [0.29, 0.717) is 97.5 Å². The number of amides is 1. The Kier molecular flexibility index (Phi) is 14.2. The largest absolute Gasteiger partial charge is 0.378 e. The van der Waals surface area contributed by atoms with Crippen LogP contribution in [-0.2, 0) is 25.5 Å². The van der Waals surface area contributed by atoms with Crippen LogP contribution in [-0.4, -0.2) is 92.8 Å². The Labute approximate surface area is 304 Å². The maximum Gasteiger partial charge on any atom is 0.231 e. The first kappa shape index (κ1) is 38.1. The van der Waals surface area contributed by atoms with Crippen LogP contribution < -0.4 is 22.2 Å². The first-order valence-corrected chi connectivity index (χ1v) is 16.7. The number of nitrogens with two attached hydrogens (primary N) is 2. The summed E-state index contributed by atoms with van der Waals surface area (Å²) in [5.41, 5.74) is 9.22. The second kappa shape index (κ2) is 19.4. The number of fused-ring (bicyclic) bond motifs is 3. The lowest BCUT2D eigenvalue weighted by Crippen LogP contribution is -2.31. The fourth-order valence-electron chi connectivity index (χ4n) is 5.12. The number of aromatic nitrogens is 2. The highest BCUT2D eigenvalue weighted by Gasteiger charge is 2.25. The zero-order chi connectivity index (χ0) is 36.7. The van der Waals surface area contributed by atoms with Crippen LogP contribution in [0.25, 0.3) is 11.3 Å². The Morgan fingerprint density at radius 1 is 0.942 bits per heavy atom. The normalized spacial score (nSPS) is 12.7. The predicted octanol–water partition coefficient (Wildman–Crippen LogP) is 4.03. The first-order chi connectivity index (χ1) is 25.3. The maximum atomic E-state index is 14.9. The van der Waals surface area contributed by atoms with E-state index in [9.17, 15) is 13.6 Å². The van der Waals surface area contributed by atoms with Gasteiger partial charge in [0.2, 0.25) is 11.9 Å². The molecule has 4 aromatic rings. The van der Waals surface area contributed by atoms with Gasteiger partial charge in [0, 0.05) is 51.9 Å². The number of hydrazone groups is 1. The van der Waals surface area contributed by atoms with Crippen molar-refractivity contribution in [2.75, 3.05) is 64.6 Å². The van der Waals surface area contributed by atoms with Gasteiger partial charge in [-0.1, -0.05) is 35.9 Å². The molecule has 2 heterocycles. The fourth-order valence-corrected chi connectivity index (χ4v) is 5.30. The molecular formula is C36H38ClF2N9O4. The summed E-state index contributed by atoms with van der Waals surface area (Å²) in [5, 5.41) is 10.3. The van der Waals surface area contributed by atoms with E-state index in [1.165, 1.54) is 18.2 Å². The third kappa shape index (κ3) is 10.7. The van der Waals surface area contributed by atoms with E-state index < -0.39 is 17.5 Å². The van der Waals surface area contributed by atoms with Crippen LogP contribution in [0.3, 0.4) is 0 Å². The Balaban J connectivity index is 1.11. The minimum Gasteiger partial charge on any atom is -0.378 e. The number of carbonyl (C=O) groups is 1. The topological polar surface area (TPSA) is 184 Å². The summed E-state index contributed by atoms with van der Waals surface area (Å²) in [6, 6.07) is 16.1. The minimum atomic E-state index is -0.724. The average Bonchev–Trinajstić information content (AvgIpc) is 3.28. The second-order valence-corrected chi connectivity index (χ2v) is 11.7. The summed E-state index contributed by atoms with van der Waals surface area (Å²) < 4.78 is 46.1. The number of halogens is 3. The molecule has 0 fully saturated rings. The van der Waals surface area contributed by atoms with E-state index >= 15 is 0 Å². The standard InChI is InChI=1S/C36H38ClF2N9O4/c37-25-6-9-27-28(18-25)35(33-29(38)2-1-3-30(33)39)44-19-24-20-45-36(47-34(24)27)46-26-7-4-23(5-8-26)31(48-41)21-42-10-12-50-14-16-52-17-15-51-13-11-43-22-32(40)49/h1-9,18,20-21,43H,10-17,19,22,41H2,(H2,40,49)(H,45,46,47). The number of aliphatic imine (C=N–C) groups is 2. The molecule has 1 aliphatic heterocycles. The van der Waals surface area contributed by atoms with Crippen LogP contribution >= 0.6 is 11.6 Å².